The topological polar surface area (TPSA) is 68.5 Å². The molecular weight excluding hydrogens is 362 g/mol. The fourth-order valence-electron chi connectivity index (χ4n) is 3.30. The van der Waals surface area contributed by atoms with E-state index >= 15 is 0 Å². The predicted octanol–water partition coefficient (Wildman–Crippen LogP) is 3.76. The summed E-state index contributed by atoms with van der Waals surface area (Å²) >= 11 is 1.72. The Morgan fingerprint density at radius 3 is 3.00 bits per heavy atom. The lowest BCUT2D eigenvalue weighted by Gasteiger charge is -2.15. The molecule has 2 aromatic heterocycles. The molecule has 27 heavy (non-hydrogen) atoms. The van der Waals surface area contributed by atoms with Crippen LogP contribution in [0, 0.1) is 0 Å². The van der Waals surface area contributed by atoms with Crippen molar-refractivity contribution in [2.45, 2.75) is 25.7 Å². The Balaban J connectivity index is 1.45. The summed E-state index contributed by atoms with van der Waals surface area (Å²) in [7, 11) is 0. The maximum Gasteiger partial charge on any atom is 0.232 e. The number of carbonyl (C=O) groups is 1. The highest BCUT2D eigenvalue weighted by atomic mass is 32.1. The maximum absolute atomic E-state index is 12.4. The molecule has 0 spiro atoms. The number of carbonyl (C=O) groups excluding carboxylic acids is 1. The van der Waals surface area contributed by atoms with E-state index in [1.165, 1.54) is 4.88 Å². The molecule has 1 atom stereocenters. The molecule has 4 rings (SSSR count). The Labute approximate surface area is 161 Å². The van der Waals surface area contributed by atoms with Crippen LogP contribution in [0.25, 0.3) is 11.4 Å². The first-order valence-corrected chi connectivity index (χ1v) is 9.98. The van der Waals surface area contributed by atoms with Gasteiger partial charge in [0.2, 0.25) is 17.6 Å². The lowest BCUT2D eigenvalue weighted by atomic mass is 10.1. The summed E-state index contributed by atoms with van der Waals surface area (Å²) in [5.41, 5.74) is 0.799. The molecule has 3 aromatic rings. The second-order valence-electron chi connectivity index (χ2n) is 6.46. The fourth-order valence-corrected chi connectivity index (χ4v) is 4.00. The van der Waals surface area contributed by atoms with Crippen molar-refractivity contribution in [1.29, 1.82) is 0 Å². The standard InChI is InChI=1S/C20H21N3O3S/c1-2-25-17-8-4-3-7-16(17)19-21-20(26-22-19)14-12-18(24)23(13-14)10-9-15-6-5-11-27-15/h3-8,11,14H,2,9-10,12-13H2,1H3. The van der Waals surface area contributed by atoms with Crippen molar-refractivity contribution in [1.82, 2.24) is 15.0 Å². The number of thiophene rings is 1. The number of hydrogen-bond acceptors (Lipinski definition) is 6. The highest BCUT2D eigenvalue weighted by Crippen LogP contribution is 2.32. The summed E-state index contributed by atoms with van der Waals surface area (Å²) in [6.07, 6.45) is 1.30. The van der Waals surface area contributed by atoms with E-state index in [4.69, 9.17) is 9.26 Å². The first kappa shape index (κ1) is 17.7. The molecule has 3 heterocycles. The van der Waals surface area contributed by atoms with E-state index < -0.39 is 0 Å². The third-order valence-electron chi connectivity index (χ3n) is 4.64. The van der Waals surface area contributed by atoms with Crippen LogP contribution in [0.3, 0.4) is 0 Å². The van der Waals surface area contributed by atoms with E-state index in [2.05, 4.69) is 21.6 Å². The van der Waals surface area contributed by atoms with E-state index in [0.717, 1.165) is 24.3 Å². The molecule has 1 unspecified atom stereocenters. The normalized spacial score (nSPS) is 16.9. The predicted molar refractivity (Wildman–Crippen MR) is 103 cm³/mol. The zero-order valence-corrected chi connectivity index (χ0v) is 15.9. The van der Waals surface area contributed by atoms with Crippen molar-refractivity contribution in [2.75, 3.05) is 19.7 Å². The minimum Gasteiger partial charge on any atom is -0.493 e. The molecule has 1 fully saturated rings. The monoisotopic (exact) mass is 383 g/mol. The second kappa shape index (κ2) is 7.92. The Hall–Kier alpha value is -2.67. The molecule has 1 amide bonds. The SMILES string of the molecule is CCOc1ccccc1-c1noc(C2CC(=O)N(CCc3cccs3)C2)n1. The highest BCUT2D eigenvalue weighted by molar-refractivity contribution is 7.09. The summed E-state index contributed by atoms with van der Waals surface area (Å²) in [6, 6.07) is 11.8. The third-order valence-corrected chi connectivity index (χ3v) is 5.58. The van der Waals surface area contributed by atoms with Gasteiger partial charge in [0.05, 0.1) is 18.1 Å². The van der Waals surface area contributed by atoms with Gasteiger partial charge in [-0.25, -0.2) is 0 Å². The van der Waals surface area contributed by atoms with Gasteiger partial charge in [-0.3, -0.25) is 4.79 Å². The maximum atomic E-state index is 12.4. The molecule has 6 nitrogen and oxygen atoms in total. The number of amides is 1. The Kier molecular flexibility index (Phi) is 5.20. The number of para-hydroxylation sites is 1. The molecule has 0 N–H and O–H groups in total. The molecule has 0 bridgehead atoms. The van der Waals surface area contributed by atoms with E-state index in [1.807, 2.05) is 42.2 Å². The molecule has 7 heteroatoms. The van der Waals surface area contributed by atoms with Gasteiger partial charge in [-0.15, -0.1) is 11.3 Å². The molecule has 1 aromatic carbocycles. The molecular formula is C20H21N3O3S. The largest absolute Gasteiger partial charge is 0.493 e. The van der Waals surface area contributed by atoms with Crippen LogP contribution in [-0.2, 0) is 11.2 Å². The quantitative estimate of drug-likeness (QED) is 0.621. The molecule has 1 aliphatic heterocycles. The van der Waals surface area contributed by atoms with E-state index in [9.17, 15) is 4.79 Å². The van der Waals surface area contributed by atoms with Gasteiger partial charge in [0.1, 0.15) is 5.75 Å². The van der Waals surface area contributed by atoms with Gasteiger partial charge < -0.3 is 14.2 Å². The van der Waals surface area contributed by atoms with Crippen LogP contribution in [0.2, 0.25) is 0 Å². The Morgan fingerprint density at radius 1 is 1.30 bits per heavy atom. The van der Waals surface area contributed by atoms with Crippen LogP contribution in [-0.4, -0.2) is 40.6 Å². The van der Waals surface area contributed by atoms with E-state index in [-0.39, 0.29) is 11.8 Å². The first-order chi connectivity index (χ1) is 13.2. The summed E-state index contributed by atoms with van der Waals surface area (Å²) in [5.74, 6) is 1.83. The molecule has 1 aliphatic rings. The lowest BCUT2D eigenvalue weighted by molar-refractivity contribution is -0.127. The van der Waals surface area contributed by atoms with Gasteiger partial charge in [0.25, 0.3) is 0 Å². The summed E-state index contributed by atoms with van der Waals surface area (Å²) in [4.78, 5) is 20.1. The van der Waals surface area contributed by atoms with E-state index in [0.29, 0.717) is 31.3 Å². The van der Waals surface area contributed by atoms with Crippen molar-refractivity contribution >= 4 is 17.2 Å². The molecule has 0 radical (unpaired) electrons. The van der Waals surface area contributed by atoms with Gasteiger partial charge in [-0.05, 0) is 36.9 Å². The van der Waals surface area contributed by atoms with Crippen LogP contribution >= 0.6 is 11.3 Å². The summed E-state index contributed by atoms with van der Waals surface area (Å²) < 4.78 is 11.1. The summed E-state index contributed by atoms with van der Waals surface area (Å²) in [5, 5.41) is 6.18. The van der Waals surface area contributed by atoms with Gasteiger partial charge >= 0.3 is 0 Å². The van der Waals surface area contributed by atoms with Crippen molar-refractivity contribution in [3.05, 3.63) is 52.5 Å². The van der Waals surface area contributed by atoms with Crippen LogP contribution in [0.5, 0.6) is 5.75 Å². The van der Waals surface area contributed by atoms with Crippen molar-refractivity contribution in [3.63, 3.8) is 0 Å². The van der Waals surface area contributed by atoms with Gasteiger partial charge in [-0.1, -0.05) is 23.4 Å². The smallest absolute Gasteiger partial charge is 0.232 e. The summed E-state index contributed by atoms with van der Waals surface area (Å²) in [6.45, 7) is 3.86. The first-order valence-electron chi connectivity index (χ1n) is 9.10. The molecule has 0 aliphatic carbocycles. The lowest BCUT2D eigenvalue weighted by Crippen LogP contribution is -2.27. The van der Waals surface area contributed by atoms with Crippen molar-refractivity contribution < 1.29 is 14.1 Å². The Morgan fingerprint density at radius 2 is 2.19 bits per heavy atom. The number of nitrogens with zero attached hydrogens (tertiary/aromatic N) is 3. The zero-order chi connectivity index (χ0) is 18.6. The zero-order valence-electron chi connectivity index (χ0n) is 15.1. The Bertz CT molecular complexity index is 907. The van der Waals surface area contributed by atoms with Gasteiger partial charge in [-0.2, -0.15) is 4.98 Å². The van der Waals surface area contributed by atoms with E-state index in [1.54, 1.807) is 11.3 Å². The molecule has 1 saturated heterocycles. The third kappa shape index (κ3) is 3.88. The number of ether oxygens (including phenoxy) is 1. The fraction of sp³-hybridized carbons (Fsp3) is 0.350. The van der Waals surface area contributed by atoms with Crippen LogP contribution in [0.4, 0.5) is 0 Å². The minimum atomic E-state index is -0.0543. The van der Waals surface area contributed by atoms with Crippen LogP contribution in [0.1, 0.15) is 30.0 Å². The number of rotatable bonds is 7. The molecule has 140 valence electrons. The molecule has 0 saturated carbocycles. The van der Waals surface area contributed by atoms with Gasteiger partial charge in [0, 0.05) is 24.4 Å². The van der Waals surface area contributed by atoms with Crippen molar-refractivity contribution in [2.24, 2.45) is 0 Å². The van der Waals surface area contributed by atoms with Crippen LogP contribution < -0.4 is 4.74 Å². The number of benzene rings is 1. The van der Waals surface area contributed by atoms with Crippen molar-refractivity contribution in [3.8, 4) is 17.1 Å². The second-order valence-corrected chi connectivity index (χ2v) is 7.49. The average molecular weight is 383 g/mol. The number of hydrogen-bond donors (Lipinski definition) is 0. The van der Waals surface area contributed by atoms with Gasteiger partial charge in [0.15, 0.2) is 0 Å². The average Bonchev–Trinajstić information content (AvgIpc) is 3.42. The highest BCUT2D eigenvalue weighted by Gasteiger charge is 2.34. The number of likely N-dealkylation sites (tertiary alicyclic amines) is 1. The van der Waals surface area contributed by atoms with Crippen LogP contribution in [0.15, 0.2) is 46.3 Å². The number of aromatic nitrogens is 2. The minimum absolute atomic E-state index is 0.0543.